The molecule has 0 aliphatic rings. The number of esters is 1. The average Bonchev–Trinajstić information content (AvgIpc) is 2.70. The number of primary sulfonamides is 1. The van der Waals surface area contributed by atoms with Gasteiger partial charge < -0.3 is 14.8 Å². The Labute approximate surface area is 170 Å². The lowest BCUT2D eigenvalue weighted by Gasteiger charge is -2.15. The summed E-state index contributed by atoms with van der Waals surface area (Å²) in [5.74, 6) is -0.612. The molecule has 0 spiro atoms. The second-order valence-electron chi connectivity index (χ2n) is 6.35. The molecular weight excluding hydrogens is 396 g/mol. The van der Waals surface area contributed by atoms with Crippen LogP contribution < -0.4 is 15.2 Å². The van der Waals surface area contributed by atoms with Gasteiger partial charge in [-0.15, -0.1) is 0 Å². The molecule has 0 aliphatic heterocycles. The molecule has 2 rings (SSSR count). The third kappa shape index (κ3) is 7.20. The molecule has 3 N–H and O–H groups in total. The standard InChI is InChI=1S/C20H24N2O6S/c1-3-15-4-8-17(9-5-15)27-13-20(24)28-12-19(23)22-14(2)16-6-10-18(11-7-16)29(21,25)26/h4-11,14H,3,12-13H2,1-2H3,(H,22,23)(H2,21,25,26)/t14-/m0/s1. The van der Waals surface area contributed by atoms with E-state index in [4.69, 9.17) is 14.6 Å². The van der Waals surface area contributed by atoms with E-state index in [-0.39, 0.29) is 11.5 Å². The Morgan fingerprint density at radius 1 is 1.03 bits per heavy atom. The lowest BCUT2D eigenvalue weighted by atomic mass is 10.1. The number of rotatable bonds is 9. The molecule has 8 nitrogen and oxygen atoms in total. The second-order valence-corrected chi connectivity index (χ2v) is 7.91. The number of hydrogen-bond donors (Lipinski definition) is 2. The highest BCUT2D eigenvalue weighted by Gasteiger charge is 2.14. The number of carbonyl (C=O) groups excluding carboxylic acids is 2. The third-order valence-electron chi connectivity index (χ3n) is 4.14. The maximum absolute atomic E-state index is 12.0. The number of amides is 1. The predicted octanol–water partition coefficient (Wildman–Crippen LogP) is 1.70. The van der Waals surface area contributed by atoms with Gasteiger partial charge in [-0.1, -0.05) is 31.2 Å². The molecule has 0 aliphatic carbocycles. The number of hydrogen-bond acceptors (Lipinski definition) is 6. The molecule has 1 atom stereocenters. The summed E-state index contributed by atoms with van der Waals surface area (Å²) >= 11 is 0. The van der Waals surface area contributed by atoms with E-state index in [2.05, 4.69) is 5.32 Å². The molecule has 2 aromatic rings. The summed E-state index contributed by atoms with van der Waals surface area (Å²) in [5.41, 5.74) is 1.83. The molecule has 156 valence electrons. The van der Waals surface area contributed by atoms with Gasteiger partial charge in [-0.05, 0) is 48.7 Å². The van der Waals surface area contributed by atoms with Crippen LogP contribution in [0.3, 0.4) is 0 Å². The van der Waals surface area contributed by atoms with Gasteiger partial charge in [-0.2, -0.15) is 0 Å². The van der Waals surface area contributed by atoms with E-state index in [1.54, 1.807) is 31.2 Å². The van der Waals surface area contributed by atoms with Crippen LogP contribution in [0.1, 0.15) is 31.0 Å². The first kappa shape index (κ1) is 22.4. The maximum atomic E-state index is 12.0. The zero-order valence-corrected chi connectivity index (χ0v) is 17.1. The van der Waals surface area contributed by atoms with Crippen molar-refractivity contribution in [3.05, 3.63) is 59.7 Å². The normalized spacial score (nSPS) is 12.1. The van der Waals surface area contributed by atoms with Crippen LogP contribution in [0.4, 0.5) is 0 Å². The number of nitrogens with two attached hydrogens (primary N) is 1. The van der Waals surface area contributed by atoms with E-state index in [1.807, 2.05) is 19.1 Å². The fraction of sp³-hybridized carbons (Fsp3) is 0.300. The van der Waals surface area contributed by atoms with Gasteiger partial charge in [0.1, 0.15) is 5.75 Å². The first-order chi connectivity index (χ1) is 13.7. The number of sulfonamides is 1. The number of nitrogens with one attached hydrogen (secondary N) is 1. The minimum Gasteiger partial charge on any atom is -0.482 e. The predicted molar refractivity (Wildman–Crippen MR) is 107 cm³/mol. The Hall–Kier alpha value is -2.91. The highest BCUT2D eigenvalue weighted by Crippen LogP contribution is 2.15. The summed E-state index contributed by atoms with van der Waals surface area (Å²) in [5, 5.41) is 7.71. The molecule has 0 fully saturated rings. The average molecular weight is 420 g/mol. The van der Waals surface area contributed by atoms with Crippen LogP contribution in [-0.4, -0.2) is 33.5 Å². The first-order valence-electron chi connectivity index (χ1n) is 8.98. The van der Waals surface area contributed by atoms with Crippen molar-refractivity contribution >= 4 is 21.9 Å². The summed E-state index contributed by atoms with van der Waals surface area (Å²) < 4.78 is 32.7. The monoisotopic (exact) mass is 420 g/mol. The van der Waals surface area contributed by atoms with Gasteiger partial charge in [-0.3, -0.25) is 4.79 Å². The molecule has 0 radical (unpaired) electrons. The van der Waals surface area contributed by atoms with Crippen LogP contribution in [0.5, 0.6) is 5.75 Å². The smallest absolute Gasteiger partial charge is 0.344 e. The lowest BCUT2D eigenvalue weighted by molar-refractivity contribution is -0.150. The van der Waals surface area contributed by atoms with Gasteiger partial charge in [0.25, 0.3) is 5.91 Å². The summed E-state index contributed by atoms with van der Waals surface area (Å²) in [6.45, 7) is 3.01. The molecule has 0 aromatic heterocycles. The highest BCUT2D eigenvalue weighted by molar-refractivity contribution is 7.89. The molecule has 29 heavy (non-hydrogen) atoms. The van der Waals surface area contributed by atoms with Crippen LogP contribution in [-0.2, 0) is 30.8 Å². The molecule has 0 saturated heterocycles. The fourth-order valence-electron chi connectivity index (χ4n) is 2.46. The summed E-state index contributed by atoms with van der Waals surface area (Å²) in [4.78, 5) is 23.7. The number of benzene rings is 2. The Bertz CT molecular complexity index is 940. The van der Waals surface area contributed by atoms with Crippen molar-refractivity contribution in [2.45, 2.75) is 31.2 Å². The van der Waals surface area contributed by atoms with Gasteiger partial charge in [0.05, 0.1) is 10.9 Å². The number of aryl methyl sites for hydroxylation is 1. The van der Waals surface area contributed by atoms with Crippen LogP contribution >= 0.6 is 0 Å². The summed E-state index contributed by atoms with van der Waals surface area (Å²) in [7, 11) is -3.77. The molecule has 0 heterocycles. The second kappa shape index (κ2) is 10.0. The molecule has 0 unspecified atom stereocenters. The lowest BCUT2D eigenvalue weighted by Crippen LogP contribution is -2.32. The van der Waals surface area contributed by atoms with Crippen LogP contribution in [0.25, 0.3) is 0 Å². The first-order valence-corrected chi connectivity index (χ1v) is 10.5. The highest BCUT2D eigenvalue weighted by atomic mass is 32.2. The molecule has 2 aromatic carbocycles. The molecule has 0 saturated carbocycles. The van der Waals surface area contributed by atoms with E-state index in [1.165, 1.54) is 12.1 Å². The van der Waals surface area contributed by atoms with Crippen LogP contribution in [0, 0.1) is 0 Å². The van der Waals surface area contributed by atoms with E-state index < -0.39 is 34.5 Å². The Kier molecular flexibility index (Phi) is 7.74. The quantitative estimate of drug-likeness (QED) is 0.595. The van der Waals surface area contributed by atoms with Crippen molar-refractivity contribution in [3.8, 4) is 5.75 Å². The van der Waals surface area contributed by atoms with Gasteiger partial charge in [0.2, 0.25) is 10.0 Å². The minimum atomic E-state index is -3.77. The van der Waals surface area contributed by atoms with Crippen molar-refractivity contribution in [3.63, 3.8) is 0 Å². The Morgan fingerprint density at radius 2 is 1.66 bits per heavy atom. The van der Waals surface area contributed by atoms with Crippen LogP contribution in [0.15, 0.2) is 53.4 Å². The van der Waals surface area contributed by atoms with E-state index in [0.29, 0.717) is 11.3 Å². The summed E-state index contributed by atoms with van der Waals surface area (Å²) in [6, 6.07) is 12.8. The van der Waals surface area contributed by atoms with Gasteiger partial charge in [0, 0.05) is 0 Å². The third-order valence-corrected chi connectivity index (χ3v) is 5.07. The summed E-state index contributed by atoms with van der Waals surface area (Å²) in [6.07, 6.45) is 0.909. The van der Waals surface area contributed by atoms with Gasteiger partial charge >= 0.3 is 5.97 Å². The SMILES string of the molecule is CCc1ccc(OCC(=O)OCC(=O)N[C@@H](C)c2ccc(S(N)(=O)=O)cc2)cc1. The number of carbonyl (C=O) groups is 2. The van der Waals surface area contributed by atoms with Crippen molar-refractivity contribution in [1.29, 1.82) is 0 Å². The fourth-order valence-corrected chi connectivity index (χ4v) is 2.98. The van der Waals surface area contributed by atoms with E-state index in [0.717, 1.165) is 12.0 Å². The van der Waals surface area contributed by atoms with E-state index >= 15 is 0 Å². The molecule has 9 heteroatoms. The zero-order valence-electron chi connectivity index (χ0n) is 16.3. The minimum absolute atomic E-state index is 0.0157. The van der Waals surface area contributed by atoms with Crippen LogP contribution in [0.2, 0.25) is 0 Å². The van der Waals surface area contributed by atoms with Gasteiger partial charge in [0.15, 0.2) is 13.2 Å². The Balaban J connectivity index is 1.75. The van der Waals surface area contributed by atoms with Crippen molar-refractivity contribution in [2.24, 2.45) is 5.14 Å². The molecule has 1 amide bonds. The van der Waals surface area contributed by atoms with Crippen molar-refractivity contribution in [1.82, 2.24) is 5.32 Å². The largest absolute Gasteiger partial charge is 0.482 e. The topological polar surface area (TPSA) is 125 Å². The zero-order chi connectivity index (χ0) is 21.4. The van der Waals surface area contributed by atoms with Crippen molar-refractivity contribution in [2.75, 3.05) is 13.2 Å². The van der Waals surface area contributed by atoms with Gasteiger partial charge in [-0.25, -0.2) is 18.4 Å². The van der Waals surface area contributed by atoms with Crippen molar-refractivity contribution < 1.29 is 27.5 Å². The molecular formula is C20H24N2O6S. The molecule has 0 bridgehead atoms. The van der Waals surface area contributed by atoms with E-state index in [9.17, 15) is 18.0 Å². The number of ether oxygens (including phenoxy) is 2. The maximum Gasteiger partial charge on any atom is 0.344 e. The Morgan fingerprint density at radius 3 is 2.21 bits per heavy atom.